The monoisotopic (exact) mass is 339 g/mol. The zero-order chi connectivity index (χ0) is 18.3. The van der Waals surface area contributed by atoms with Crippen LogP contribution in [0.15, 0.2) is 24.3 Å². The van der Waals surface area contributed by atoms with Gasteiger partial charge in [-0.3, -0.25) is 14.4 Å². The number of aryl methyl sites for hydroxylation is 1. The molecule has 0 bridgehead atoms. The van der Waals surface area contributed by atoms with Gasteiger partial charge in [-0.2, -0.15) is 0 Å². The fourth-order valence-corrected chi connectivity index (χ4v) is 3.63. The number of nitrogens with one attached hydrogen (secondary N) is 1. The molecular weight excluding hydrogens is 318 g/mol. The predicted molar refractivity (Wildman–Crippen MR) is 93.3 cm³/mol. The van der Waals surface area contributed by atoms with Crippen LogP contribution in [0.5, 0.6) is 0 Å². The molecule has 1 aliphatic rings. The zero-order valence-electron chi connectivity index (χ0n) is 14.6. The molecule has 2 aromatic rings. The Bertz CT molecular complexity index is 882. The van der Waals surface area contributed by atoms with Crippen molar-refractivity contribution in [3.8, 4) is 0 Å². The van der Waals surface area contributed by atoms with Gasteiger partial charge in [0.1, 0.15) is 11.7 Å². The van der Waals surface area contributed by atoms with E-state index in [2.05, 4.69) is 4.98 Å². The average Bonchev–Trinajstić information content (AvgIpc) is 2.87. The number of ketones is 1. The third-order valence-electron chi connectivity index (χ3n) is 4.84. The largest absolute Gasteiger partial charge is 0.368 e. The van der Waals surface area contributed by atoms with Crippen LogP contribution in [0.2, 0.25) is 0 Å². The molecule has 2 amide bonds. The number of carbonyl (C=O) groups excluding carboxylic acids is 3. The first-order valence-electron chi connectivity index (χ1n) is 8.18. The highest BCUT2D eigenvalue weighted by Crippen LogP contribution is 2.27. The number of amides is 2. The van der Waals surface area contributed by atoms with E-state index in [1.54, 1.807) is 13.8 Å². The van der Waals surface area contributed by atoms with Crippen LogP contribution in [-0.2, 0) is 17.8 Å². The first-order chi connectivity index (χ1) is 11.8. The standard InChI is InChI=1S/C19H21N3O3/c1-10-16(12(3)23)11(2)21-17(10)19(25)22-9-14-7-5-4-6-13(14)8-15(22)18(20)24/h4-7,15,21H,8-9H2,1-3H3,(H2,20,24). The van der Waals surface area contributed by atoms with Crippen molar-refractivity contribution in [2.24, 2.45) is 5.73 Å². The molecular formula is C19H21N3O3. The minimum atomic E-state index is -0.703. The van der Waals surface area contributed by atoms with Gasteiger partial charge in [-0.15, -0.1) is 0 Å². The Morgan fingerprint density at radius 3 is 2.36 bits per heavy atom. The van der Waals surface area contributed by atoms with Crippen molar-refractivity contribution in [1.29, 1.82) is 0 Å². The van der Waals surface area contributed by atoms with Crippen molar-refractivity contribution >= 4 is 17.6 Å². The number of nitrogens with two attached hydrogens (primary N) is 1. The molecule has 1 aromatic carbocycles. The fraction of sp³-hybridized carbons (Fsp3) is 0.316. The Labute approximate surface area is 146 Å². The molecule has 6 heteroatoms. The lowest BCUT2D eigenvalue weighted by Crippen LogP contribution is -2.51. The summed E-state index contributed by atoms with van der Waals surface area (Å²) in [5.41, 5.74) is 9.71. The molecule has 0 saturated heterocycles. The van der Waals surface area contributed by atoms with E-state index in [0.717, 1.165) is 11.1 Å². The molecule has 0 radical (unpaired) electrons. The molecule has 3 rings (SSSR count). The number of aromatic nitrogens is 1. The van der Waals surface area contributed by atoms with Crippen LogP contribution in [0.1, 0.15) is 50.2 Å². The molecule has 1 aromatic heterocycles. The number of H-pyrrole nitrogens is 1. The summed E-state index contributed by atoms with van der Waals surface area (Å²) >= 11 is 0. The van der Waals surface area contributed by atoms with Crippen molar-refractivity contribution in [1.82, 2.24) is 9.88 Å². The number of primary amides is 1. The first-order valence-corrected chi connectivity index (χ1v) is 8.18. The van der Waals surface area contributed by atoms with E-state index < -0.39 is 11.9 Å². The molecule has 0 spiro atoms. The Kier molecular flexibility index (Phi) is 4.20. The van der Waals surface area contributed by atoms with Gasteiger partial charge in [-0.1, -0.05) is 24.3 Å². The van der Waals surface area contributed by atoms with Gasteiger partial charge in [-0.05, 0) is 37.5 Å². The topological polar surface area (TPSA) is 96.3 Å². The molecule has 0 fully saturated rings. The number of aromatic amines is 1. The average molecular weight is 339 g/mol. The van der Waals surface area contributed by atoms with Gasteiger partial charge in [0.25, 0.3) is 5.91 Å². The lowest BCUT2D eigenvalue weighted by molar-refractivity contribution is -0.122. The van der Waals surface area contributed by atoms with Crippen LogP contribution in [-0.4, -0.2) is 33.5 Å². The number of Topliss-reactive ketones (excluding diaryl/α,β-unsaturated/α-hetero) is 1. The molecule has 2 heterocycles. The molecule has 1 aliphatic heterocycles. The van der Waals surface area contributed by atoms with Gasteiger partial charge >= 0.3 is 0 Å². The second-order valence-corrected chi connectivity index (χ2v) is 6.51. The quantitative estimate of drug-likeness (QED) is 0.836. The highest BCUT2D eigenvalue weighted by molar-refractivity contribution is 6.03. The Hall–Kier alpha value is -2.89. The zero-order valence-corrected chi connectivity index (χ0v) is 14.6. The van der Waals surface area contributed by atoms with E-state index in [0.29, 0.717) is 35.5 Å². The van der Waals surface area contributed by atoms with Crippen molar-refractivity contribution in [2.45, 2.75) is 39.8 Å². The van der Waals surface area contributed by atoms with Gasteiger partial charge in [0.15, 0.2) is 5.78 Å². The maximum atomic E-state index is 13.1. The summed E-state index contributed by atoms with van der Waals surface area (Å²) in [6, 6.07) is 7.01. The summed E-state index contributed by atoms with van der Waals surface area (Å²) in [5.74, 6) is -0.942. The number of rotatable bonds is 3. The fourth-order valence-electron chi connectivity index (χ4n) is 3.63. The number of fused-ring (bicyclic) bond motifs is 1. The number of hydrogen-bond acceptors (Lipinski definition) is 3. The van der Waals surface area contributed by atoms with Crippen LogP contribution in [0.25, 0.3) is 0 Å². The first kappa shape index (κ1) is 17.0. The van der Waals surface area contributed by atoms with Crippen molar-refractivity contribution in [2.75, 3.05) is 0 Å². The Morgan fingerprint density at radius 2 is 1.80 bits per heavy atom. The molecule has 0 aliphatic carbocycles. The number of carbonyl (C=O) groups is 3. The summed E-state index contributed by atoms with van der Waals surface area (Å²) in [6.45, 7) is 5.29. The van der Waals surface area contributed by atoms with E-state index >= 15 is 0 Å². The van der Waals surface area contributed by atoms with E-state index in [1.807, 2.05) is 24.3 Å². The van der Waals surface area contributed by atoms with Crippen LogP contribution in [0, 0.1) is 13.8 Å². The van der Waals surface area contributed by atoms with Crippen LogP contribution >= 0.6 is 0 Å². The maximum absolute atomic E-state index is 13.1. The van der Waals surface area contributed by atoms with E-state index in [1.165, 1.54) is 11.8 Å². The maximum Gasteiger partial charge on any atom is 0.271 e. The molecule has 25 heavy (non-hydrogen) atoms. The Balaban J connectivity index is 2.02. The molecule has 3 N–H and O–H groups in total. The van der Waals surface area contributed by atoms with Crippen molar-refractivity contribution < 1.29 is 14.4 Å². The van der Waals surface area contributed by atoms with Gasteiger partial charge in [0.2, 0.25) is 5.91 Å². The van der Waals surface area contributed by atoms with Gasteiger partial charge < -0.3 is 15.6 Å². The van der Waals surface area contributed by atoms with Crippen LogP contribution in [0.3, 0.4) is 0 Å². The molecule has 1 unspecified atom stereocenters. The highest BCUT2D eigenvalue weighted by atomic mass is 16.2. The van der Waals surface area contributed by atoms with Gasteiger partial charge in [0.05, 0.1) is 0 Å². The SMILES string of the molecule is CC(=O)c1c(C)[nH]c(C(=O)N2Cc3ccccc3CC2C(N)=O)c1C. The molecule has 6 nitrogen and oxygen atoms in total. The minimum Gasteiger partial charge on any atom is -0.368 e. The predicted octanol–water partition coefficient (Wildman–Crippen LogP) is 1.89. The van der Waals surface area contributed by atoms with Crippen molar-refractivity contribution in [3.63, 3.8) is 0 Å². The van der Waals surface area contributed by atoms with Crippen molar-refractivity contribution in [3.05, 3.63) is 57.9 Å². The van der Waals surface area contributed by atoms with E-state index in [4.69, 9.17) is 5.73 Å². The lowest BCUT2D eigenvalue weighted by atomic mass is 9.93. The second-order valence-electron chi connectivity index (χ2n) is 6.51. The number of hydrogen-bond donors (Lipinski definition) is 2. The molecule has 1 atom stereocenters. The smallest absolute Gasteiger partial charge is 0.271 e. The van der Waals surface area contributed by atoms with Crippen LogP contribution < -0.4 is 5.73 Å². The highest BCUT2D eigenvalue weighted by Gasteiger charge is 2.35. The normalized spacial score (nSPS) is 16.4. The summed E-state index contributed by atoms with van der Waals surface area (Å²) in [4.78, 5) is 41.4. The number of nitrogens with zero attached hydrogens (tertiary/aromatic N) is 1. The third-order valence-corrected chi connectivity index (χ3v) is 4.84. The lowest BCUT2D eigenvalue weighted by Gasteiger charge is -2.35. The Morgan fingerprint density at radius 1 is 1.16 bits per heavy atom. The molecule has 130 valence electrons. The van der Waals surface area contributed by atoms with E-state index in [9.17, 15) is 14.4 Å². The third kappa shape index (κ3) is 2.84. The van der Waals surface area contributed by atoms with Gasteiger partial charge in [-0.25, -0.2) is 0 Å². The summed E-state index contributed by atoms with van der Waals surface area (Å²) in [7, 11) is 0. The summed E-state index contributed by atoms with van der Waals surface area (Å²) in [5, 5.41) is 0. The van der Waals surface area contributed by atoms with Gasteiger partial charge in [0, 0.05) is 24.2 Å². The number of benzene rings is 1. The molecule has 0 saturated carbocycles. The van der Waals surface area contributed by atoms with E-state index in [-0.39, 0.29) is 11.7 Å². The summed E-state index contributed by atoms with van der Waals surface area (Å²) in [6.07, 6.45) is 0.398. The summed E-state index contributed by atoms with van der Waals surface area (Å²) < 4.78 is 0. The second kappa shape index (κ2) is 6.20. The van der Waals surface area contributed by atoms with Crippen LogP contribution in [0.4, 0.5) is 0 Å². The minimum absolute atomic E-state index is 0.0965.